The minimum absolute atomic E-state index is 0.276. The number of anilines is 1. The average molecular weight is 460 g/mol. The molecule has 174 valence electrons. The number of carbonyl (C=O) groups excluding carboxylic acids is 1. The summed E-state index contributed by atoms with van der Waals surface area (Å²) in [7, 11) is -3.69. The quantitative estimate of drug-likeness (QED) is 0.603. The van der Waals surface area contributed by atoms with Gasteiger partial charge < -0.3 is 4.74 Å². The molecule has 32 heavy (non-hydrogen) atoms. The summed E-state index contributed by atoms with van der Waals surface area (Å²) in [4.78, 5) is 19.3. The van der Waals surface area contributed by atoms with Crippen molar-refractivity contribution in [3.63, 3.8) is 0 Å². The molecular formula is C24H33N3O4S. The highest BCUT2D eigenvalue weighted by atomic mass is 32.2. The predicted octanol–water partition coefficient (Wildman–Crippen LogP) is 5.07. The summed E-state index contributed by atoms with van der Waals surface area (Å²) in [5.74, 6) is 0.458. The number of aryl methyl sites for hydroxylation is 1. The summed E-state index contributed by atoms with van der Waals surface area (Å²) in [6.45, 7) is 10.2. The number of pyridine rings is 1. The van der Waals surface area contributed by atoms with Crippen molar-refractivity contribution >= 4 is 21.9 Å². The summed E-state index contributed by atoms with van der Waals surface area (Å²) in [6.07, 6.45) is 3.26. The first-order valence-corrected chi connectivity index (χ1v) is 12.5. The molecule has 3 rings (SSSR count). The molecule has 1 aromatic heterocycles. The van der Waals surface area contributed by atoms with Gasteiger partial charge in [0.1, 0.15) is 11.4 Å². The minimum Gasteiger partial charge on any atom is -0.443 e. The van der Waals surface area contributed by atoms with Gasteiger partial charge in [0.2, 0.25) is 10.0 Å². The number of benzene rings is 1. The molecule has 0 aliphatic carbocycles. The number of sulfonamides is 1. The minimum atomic E-state index is -3.69. The van der Waals surface area contributed by atoms with Crippen molar-refractivity contribution in [2.24, 2.45) is 0 Å². The Bertz CT molecular complexity index is 1050. The fraction of sp³-hybridized carbons (Fsp3) is 0.500. The van der Waals surface area contributed by atoms with E-state index in [-0.39, 0.29) is 4.90 Å². The first-order valence-electron chi connectivity index (χ1n) is 11.1. The number of amides is 1. The van der Waals surface area contributed by atoms with Crippen LogP contribution in [-0.4, -0.2) is 42.5 Å². The third kappa shape index (κ3) is 5.30. The van der Waals surface area contributed by atoms with Crippen LogP contribution in [0.15, 0.2) is 47.5 Å². The molecule has 1 aliphatic rings. The lowest BCUT2D eigenvalue weighted by molar-refractivity contribution is 0.0578. The molecule has 1 aromatic carbocycles. The fourth-order valence-electron chi connectivity index (χ4n) is 3.90. The summed E-state index contributed by atoms with van der Waals surface area (Å²) >= 11 is 0. The van der Waals surface area contributed by atoms with E-state index in [1.54, 1.807) is 36.5 Å². The van der Waals surface area contributed by atoms with E-state index in [1.165, 1.54) is 9.21 Å². The maximum absolute atomic E-state index is 13.5. The highest BCUT2D eigenvalue weighted by molar-refractivity contribution is 7.89. The van der Waals surface area contributed by atoms with Crippen LogP contribution in [0.5, 0.6) is 0 Å². The standard InChI is InChI=1S/C24H33N3O4S/c1-6-16-26(23(28)31-24(3,4)5)22-20(9-7-15-25-22)21-10-8-17-27(21)32(29,30)19-13-11-18(2)12-14-19/h7,9,11-15,21H,6,8,10,16-17H2,1-5H3. The molecule has 1 atom stereocenters. The van der Waals surface area contributed by atoms with Crippen LogP contribution >= 0.6 is 0 Å². The molecule has 8 heteroatoms. The molecule has 1 unspecified atom stereocenters. The van der Waals surface area contributed by atoms with Crippen LogP contribution in [0, 0.1) is 6.92 Å². The Labute approximate surface area is 191 Å². The number of aromatic nitrogens is 1. The Morgan fingerprint density at radius 1 is 1.22 bits per heavy atom. The molecule has 1 fully saturated rings. The van der Waals surface area contributed by atoms with Gasteiger partial charge in [-0.05, 0) is 65.2 Å². The maximum Gasteiger partial charge on any atom is 0.416 e. The third-order valence-electron chi connectivity index (χ3n) is 5.32. The van der Waals surface area contributed by atoms with E-state index in [4.69, 9.17) is 4.74 Å². The van der Waals surface area contributed by atoms with Gasteiger partial charge in [0.25, 0.3) is 0 Å². The molecule has 0 spiro atoms. The van der Waals surface area contributed by atoms with Gasteiger partial charge in [-0.2, -0.15) is 4.31 Å². The molecular weight excluding hydrogens is 426 g/mol. The summed E-state index contributed by atoms with van der Waals surface area (Å²) in [5.41, 5.74) is 1.08. The monoisotopic (exact) mass is 459 g/mol. The van der Waals surface area contributed by atoms with E-state index < -0.39 is 27.8 Å². The number of hydrogen-bond donors (Lipinski definition) is 0. The van der Waals surface area contributed by atoms with Crippen molar-refractivity contribution in [1.82, 2.24) is 9.29 Å². The number of carbonyl (C=O) groups is 1. The van der Waals surface area contributed by atoms with E-state index in [0.29, 0.717) is 31.7 Å². The van der Waals surface area contributed by atoms with Crippen LogP contribution in [0.3, 0.4) is 0 Å². The molecule has 1 amide bonds. The lowest BCUT2D eigenvalue weighted by Crippen LogP contribution is -2.39. The molecule has 7 nitrogen and oxygen atoms in total. The Morgan fingerprint density at radius 2 is 1.91 bits per heavy atom. The van der Waals surface area contributed by atoms with Crippen molar-refractivity contribution in [3.05, 3.63) is 53.7 Å². The Hall–Kier alpha value is -2.45. The number of hydrogen-bond acceptors (Lipinski definition) is 5. The van der Waals surface area contributed by atoms with Crippen LogP contribution in [0.2, 0.25) is 0 Å². The van der Waals surface area contributed by atoms with Crippen LogP contribution in [0.25, 0.3) is 0 Å². The third-order valence-corrected chi connectivity index (χ3v) is 7.25. The van der Waals surface area contributed by atoms with Gasteiger partial charge in [-0.15, -0.1) is 0 Å². The number of nitrogens with zero attached hydrogens (tertiary/aromatic N) is 3. The van der Waals surface area contributed by atoms with E-state index in [2.05, 4.69) is 4.98 Å². The van der Waals surface area contributed by atoms with Crippen molar-refractivity contribution in [2.45, 2.75) is 70.4 Å². The van der Waals surface area contributed by atoms with E-state index in [9.17, 15) is 13.2 Å². The molecule has 0 radical (unpaired) electrons. The first-order chi connectivity index (χ1) is 15.0. The van der Waals surface area contributed by atoms with Crippen LogP contribution in [-0.2, 0) is 14.8 Å². The molecule has 0 bridgehead atoms. The predicted molar refractivity (Wildman–Crippen MR) is 125 cm³/mol. The van der Waals surface area contributed by atoms with Crippen molar-refractivity contribution in [1.29, 1.82) is 0 Å². The van der Waals surface area contributed by atoms with E-state index in [0.717, 1.165) is 17.5 Å². The van der Waals surface area contributed by atoms with Crippen LogP contribution < -0.4 is 4.90 Å². The van der Waals surface area contributed by atoms with Gasteiger partial charge in [-0.25, -0.2) is 18.2 Å². The van der Waals surface area contributed by atoms with Gasteiger partial charge in [-0.1, -0.05) is 30.7 Å². The summed E-state index contributed by atoms with van der Waals surface area (Å²) < 4.78 is 34.1. The largest absolute Gasteiger partial charge is 0.443 e. The number of ether oxygens (including phenoxy) is 1. The lowest BCUT2D eigenvalue weighted by Gasteiger charge is -2.30. The van der Waals surface area contributed by atoms with E-state index >= 15 is 0 Å². The van der Waals surface area contributed by atoms with Gasteiger partial charge in [0, 0.05) is 24.8 Å². The zero-order chi connectivity index (χ0) is 23.5. The maximum atomic E-state index is 13.5. The Morgan fingerprint density at radius 3 is 2.53 bits per heavy atom. The lowest BCUT2D eigenvalue weighted by atomic mass is 10.1. The summed E-state index contributed by atoms with van der Waals surface area (Å²) in [6, 6.07) is 10.2. The van der Waals surface area contributed by atoms with Gasteiger partial charge in [-0.3, -0.25) is 4.90 Å². The second-order valence-corrected chi connectivity index (χ2v) is 11.0. The fourth-order valence-corrected chi connectivity index (χ4v) is 5.58. The zero-order valence-corrected chi connectivity index (χ0v) is 20.4. The van der Waals surface area contributed by atoms with Gasteiger partial charge in [0.05, 0.1) is 10.9 Å². The van der Waals surface area contributed by atoms with Crippen LogP contribution in [0.1, 0.15) is 64.1 Å². The molecule has 0 saturated carbocycles. The smallest absolute Gasteiger partial charge is 0.416 e. The second kappa shape index (κ2) is 9.58. The van der Waals surface area contributed by atoms with Gasteiger partial charge >= 0.3 is 6.09 Å². The molecule has 2 heterocycles. The highest BCUT2D eigenvalue weighted by Gasteiger charge is 2.39. The molecule has 1 saturated heterocycles. The van der Waals surface area contributed by atoms with Gasteiger partial charge in [0.15, 0.2) is 0 Å². The Kier molecular flexibility index (Phi) is 7.25. The topological polar surface area (TPSA) is 79.8 Å². The highest BCUT2D eigenvalue weighted by Crippen LogP contribution is 2.40. The van der Waals surface area contributed by atoms with Crippen LogP contribution in [0.4, 0.5) is 10.6 Å². The van der Waals surface area contributed by atoms with Crippen molar-refractivity contribution in [3.8, 4) is 0 Å². The number of rotatable bonds is 6. The Balaban J connectivity index is 2.00. The molecule has 1 aliphatic heterocycles. The average Bonchev–Trinajstić information content (AvgIpc) is 3.22. The normalized spacial score (nSPS) is 17.3. The van der Waals surface area contributed by atoms with Crippen molar-refractivity contribution in [2.75, 3.05) is 18.0 Å². The van der Waals surface area contributed by atoms with Crippen molar-refractivity contribution < 1.29 is 17.9 Å². The summed E-state index contributed by atoms with van der Waals surface area (Å²) in [5, 5.41) is 0. The second-order valence-electron chi connectivity index (χ2n) is 9.14. The molecule has 2 aromatic rings. The van der Waals surface area contributed by atoms with E-state index in [1.807, 2.05) is 40.7 Å². The zero-order valence-electron chi connectivity index (χ0n) is 19.5. The SMILES string of the molecule is CCCN(C(=O)OC(C)(C)C)c1ncccc1C1CCCN1S(=O)(=O)c1ccc(C)cc1. The first kappa shape index (κ1) is 24.2. The molecule has 0 N–H and O–H groups in total.